The largest absolute Gasteiger partial charge is 0.378 e. The van der Waals surface area contributed by atoms with Gasteiger partial charge >= 0.3 is 0 Å². The number of benzene rings is 3. The zero-order valence-corrected chi connectivity index (χ0v) is 18.8. The van der Waals surface area contributed by atoms with Crippen LogP contribution in [0, 0.1) is 0 Å². The van der Waals surface area contributed by atoms with Crippen LogP contribution < -0.4 is 15.1 Å². The van der Waals surface area contributed by atoms with Crippen molar-refractivity contribution < 1.29 is 4.74 Å². The van der Waals surface area contributed by atoms with Crippen molar-refractivity contribution in [1.29, 1.82) is 0 Å². The molecule has 34 heavy (non-hydrogen) atoms. The Balaban J connectivity index is 1.18. The first kappa shape index (κ1) is 20.5. The quantitative estimate of drug-likeness (QED) is 0.463. The fourth-order valence-corrected chi connectivity index (χ4v) is 4.44. The summed E-state index contributed by atoms with van der Waals surface area (Å²) >= 11 is 0. The first-order valence-corrected chi connectivity index (χ1v) is 11.6. The number of ether oxygens (including phenoxy) is 1. The minimum atomic E-state index is 0.594. The first-order valence-electron chi connectivity index (χ1n) is 11.6. The van der Waals surface area contributed by atoms with Gasteiger partial charge in [-0.2, -0.15) is 4.98 Å². The van der Waals surface area contributed by atoms with E-state index in [1.807, 2.05) is 16.9 Å². The van der Waals surface area contributed by atoms with Crippen molar-refractivity contribution in [3.63, 3.8) is 0 Å². The zero-order valence-electron chi connectivity index (χ0n) is 18.8. The van der Waals surface area contributed by atoms with E-state index in [2.05, 4.69) is 99.2 Å². The van der Waals surface area contributed by atoms with Gasteiger partial charge in [-0.05, 0) is 35.9 Å². The molecule has 0 amide bonds. The lowest BCUT2D eigenvalue weighted by atomic mass is 10.0. The van der Waals surface area contributed by atoms with Crippen LogP contribution in [0.3, 0.4) is 0 Å². The molecule has 1 saturated heterocycles. The van der Waals surface area contributed by atoms with Crippen LogP contribution in [0.5, 0.6) is 0 Å². The number of nitrogens with zero attached hydrogens (tertiary/aromatic N) is 5. The molecule has 0 unspecified atom stereocenters. The van der Waals surface area contributed by atoms with Gasteiger partial charge in [-0.3, -0.25) is 0 Å². The van der Waals surface area contributed by atoms with Gasteiger partial charge in [0.25, 0.3) is 0 Å². The lowest BCUT2D eigenvalue weighted by Crippen LogP contribution is -2.36. The van der Waals surface area contributed by atoms with Gasteiger partial charge in [-0.1, -0.05) is 48.5 Å². The smallest absolute Gasteiger partial charge is 0.247 e. The summed E-state index contributed by atoms with van der Waals surface area (Å²) in [6, 6.07) is 27.3. The van der Waals surface area contributed by atoms with Crippen LogP contribution in [-0.4, -0.2) is 41.1 Å². The predicted octanol–water partition coefficient (Wildman–Crippen LogP) is 4.97. The lowest BCUT2D eigenvalue weighted by molar-refractivity contribution is 0.122. The molecule has 7 nitrogen and oxygen atoms in total. The van der Waals surface area contributed by atoms with Gasteiger partial charge in [-0.25, -0.2) is 4.68 Å². The van der Waals surface area contributed by atoms with Gasteiger partial charge in [0.15, 0.2) is 5.82 Å². The second-order valence-electron chi connectivity index (χ2n) is 8.38. The predicted molar refractivity (Wildman–Crippen MR) is 136 cm³/mol. The number of anilines is 4. The van der Waals surface area contributed by atoms with E-state index in [0.29, 0.717) is 12.5 Å². The van der Waals surface area contributed by atoms with Crippen molar-refractivity contribution in [1.82, 2.24) is 14.8 Å². The number of hydrogen-bond donors (Lipinski definition) is 1. The highest BCUT2D eigenvalue weighted by Gasteiger charge is 2.19. The zero-order chi connectivity index (χ0) is 22.7. The average Bonchev–Trinajstić information content (AvgIpc) is 3.31. The van der Waals surface area contributed by atoms with Crippen LogP contribution in [0.2, 0.25) is 0 Å². The maximum absolute atomic E-state index is 5.45. The maximum atomic E-state index is 5.45. The number of para-hydroxylation sites is 1. The Labute approximate surface area is 198 Å². The Kier molecular flexibility index (Phi) is 5.45. The monoisotopic (exact) mass is 450 g/mol. The number of aromatic nitrogens is 3. The molecule has 1 aromatic heterocycles. The van der Waals surface area contributed by atoms with Gasteiger partial charge in [0.05, 0.1) is 19.8 Å². The second kappa shape index (κ2) is 9.03. The van der Waals surface area contributed by atoms with E-state index < -0.39 is 0 Å². The van der Waals surface area contributed by atoms with Gasteiger partial charge in [-0.15, -0.1) is 5.10 Å². The molecule has 0 saturated carbocycles. The molecule has 0 atom stereocenters. The van der Waals surface area contributed by atoms with Gasteiger partial charge < -0.3 is 19.9 Å². The van der Waals surface area contributed by atoms with Crippen LogP contribution >= 0.6 is 0 Å². The highest BCUT2D eigenvalue weighted by molar-refractivity contribution is 5.79. The number of hydrogen-bond acceptors (Lipinski definition) is 6. The Hall–Kier alpha value is -4.10. The molecule has 0 radical (unpaired) electrons. The van der Waals surface area contributed by atoms with Crippen molar-refractivity contribution in [2.75, 3.05) is 41.4 Å². The van der Waals surface area contributed by atoms with E-state index in [0.717, 1.165) is 43.5 Å². The average molecular weight is 451 g/mol. The van der Waals surface area contributed by atoms with E-state index in [9.17, 15) is 0 Å². The minimum Gasteiger partial charge on any atom is -0.378 e. The lowest BCUT2D eigenvalue weighted by Gasteiger charge is -2.28. The fraction of sp³-hybridized carbons (Fsp3) is 0.185. The molecule has 7 heteroatoms. The highest BCUT2D eigenvalue weighted by atomic mass is 16.5. The normalized spacial score (nSPS) is 15.3. The molecule has 1 fully saturated rings. The molecular weight excluding hydrogens is 424 g/mol. The summed E-state index contributed by atoms with van der Waals surface area (Å²) < 4.78 is 7.29. The highest BCUT2D eigenvalue weighted by Crippen LogP contribution is 2.33. The van der Waals surface area contributed by atoms with Crippen LogP contribution in [0.1, 0.15) is 5.82 Å². The van der Waals surface area contributed by atoms with Gasteiger partial charge in [0.1, 0.15) is 0 Å². The molecule has 1 N–H and O–H groups in total. The van der Waals surface area contributed by atoms with Crippen molar-refractivity contribution in [3.8, 4) is 11.1 Å². The summed E-state index contributed by atoms with van der Waals surface area (Å²) in [5.41, 5.74) is 5.71. The van der Waals surface area contributed by atoms with Crippen LogP contribution in [-0.2, 0) is 11.3 Å². The van der Waals surface area contributed by atoms with Crippen molar-refractivity contribution in [2.24, 2.45) is 0 Å². The molecule has 2 aliphatic rings. The number of rotatable bonds is 5. The molecule has 2 aliphatic heterocycles. The molecule has 0 aliphatic carbocycles. The third-order valence-electron chi connectivity index (χ3n) is 6.20. The molecule has 0 bridgehead atoms. The summed E-state index contributed by atoms with van der Waals surface area (Å²) in [6.07, 6.45) is 4.02. The molecule has 4 aromatic rings. The maximum Gasteiger partial charge on any atom is 0.247 e. The molecule has 3 aromatic carbocycles. The molecule has 3 heterocycles. The van der Waals surface area contributed by atoms with E-state index in [1.165, 1.54) is 16.8 Å². The molecule has 6 rings (SSSR count). The van der Waals surface area contributed by atoms with Crippen LogP contribution in [0.15, 0.2) is 85.1 Å². The SMILES string of the molecule is C1=Cn2nc(Nc3ccc(N4CCOCC4)cc3)nc2CN1c1ccccc1-c1ccccc1. The Bertz CT molecular complexity index is 1290. The van der Waals surface area contributed by atoms with E-state index >= 15 is 0 Å². The summed E-state index contributed by atoms with van der Waals surface area (Å²) in [5.74, 6) is 1.48. The van der Waals surface area contributed by atoms with Crippen molar-refractivity contribution in [3.05, 3.63) is 90.9 Å². The molecular formula is C27H26N6O. The Morgan fingerprint density at radius 3 is 2.38 bits per heavy atom. The van der Waals surface area contributed by atoms with E-state index in [1.54, 1.807) is 0 Å². The van der Waals surface area contributed by atoms with Crippen LogP contribution in [0.25, 0.3) is 17.3 Å². The summed E-state index contributed by atoms with van der Waals surface area (Å²) in [4.78, 5) is 9.31. The third kappa shape index (κ3) is 4.13. The summed E-state index contributed by atoms with van der Waals surface area (Å²) in [5, 5.41) is 7.97. The Morgan fingerprint density at radius 2 is 1.56 bits per heavy atom. The topological polar surface area (TPSA) is 58.5 Å². The number of morpholine rings is 1. The fourth-order valence-electron chi connectivity index (χ4n) is 4.44. The summed E-state index contributed by atoms with van der Waals surface area (Å²) in [6.45, 7) is 4.07. The Morgan fingerprint density at radius 1 is 0.794 bits per heavy atom. The standard InChI is InChI=1S/C27H26N6O/c1-2-6-21(7-3-1)24-8-4-5-9-25(24)32-14-15-33-26(20-32)29-27(30-33)28-22-10-12-23(13-11-22)31-16-18-34-19-17-31/h1-15H,16-20H2,(H,28,30). The van der Waals surface area contributed by atoms with E-state index in [-0.39, 0.29) is 0 Å². The van der Waals surface area contributed by atoms with Gasteiger partial charge in [0.2, 0.25) is 5.95 Å². The minimum absolute atomic E-state index is 0.594. The number of nitrogens with one attached hydrogen (secondary N) is 1. The van der Waals surface area contributed by atoms with Gasteiger partial charge in [0, 0.05) is 48.1 Å². The second-order valence-corrected chi connectivity index (χ2v) is 8.38. The molecule has 170 valence electrons. The van der Waals surface area contributed by atoms with Crippen LogP contribution in [0.4, 0.5) is 23.0 Å². The first-order chi connectivity index (χ1) is 16.8. The number of fused-ring (bicyclic) bond motifs is 1. The van der Waals surface area contributed by atoms with E-state index in [4.69, 9.17) is 9.72 Å². The molecule has 0 spiro atoms. The van der Waals surface area contributed by atoms with Crippen molar-refractivity contribution in [2.45, 2.75) is 6.54 Å². The third-order valence-corrected chi connectivity index (χ3v) is 6.20. The summed E-state index contributed by atoms with van der Waals surface area (Å²) in [7, 11) is 0. The van der Waals surface area contributed by atoms with Crippen molar-refractivity contribution >= 4 is 29.2 Å².